The summed E-state index contributed by atoms with van der Waals surface area (Å²) in [5.74, 6) is 2.33. The Morgan fingerprint density at radius 3 is 2.00 bits per heavy atom. The zero-order chi connectivity index (χ0) is 28.8. The van der Waals surface area contributed by atoms with Crippen molar-refractivity contribution < 1.29 is 14.0 Å². The molecule has 1 aromatic heterocycles. The van der Waals surface area contributed by atoms with Crippen LogP contribution in [0.2, 0.25) is 0 Å². The lowest BCUT2D eigenvalue weighted by atomic mass is 9.78. The molecule has 1 aliphatic heterocycles. The van der Waals surface area contributed by atoms with Crippen molar-refractivity contribution in [2.24, 2.45) is 0 Å². The Kier molecular flexibility index (Phi) is 7.45. The molecule has 0 unspecified atom stereocenters. The van der Waals surface area contributed by atoms with E-state index >= 15 is 0 Å². The van der Waals surface area contributed by atoms with Gasteiger partial charge < -0.3 is 14.0 Å². The Morgan fingerprint density at radius 1 is 0.800 bits per heavy atom. The van der Waals surface area contributed by atoms with Crippen molar-refractivity contribution in [2.45, 2.75) is 78.4 Å². The van der Waals surface area contributed by atoms with E-state index in [4.69, 9.17) is 19.0 Å². The molecule has 3 aromatic carbocycles. The molecule has 40 heavy (non-hydrogen) atoms. The van der Waals surface area contributed by atoms with Gasteiger partial charge in [0.25, 0.3) is 0 Å². The first kappa shape index (κ1) is 28.2. The quantitative estimate of drug-likeness (QED) is 0.227. The molecule has 208 valence electrons. The van der Waals surface area contributed by atoms with Crippen LogP contribution in [0.5, 0.6) is 5.75 Å². The zero-order valence-corrected chi connectivity index (χ0v) is 25.3. The van der Waals surface area contributed by atoms with Gasteiger partial charge in [0.2, 0.25) is 0 Å². The van der Waals surface area contributed by atoms with Crippen molar-refractivity contribution >= 4 is 12.6 Å². The van der Waals surface area contributed by atoms with E-state index < -0.39 is 18.3 Å². The average molecular weight is 537 g/mol. The molecule has 0 saturated carbocycles. The van der Waals surface area contributed by atoms with Gasteiger partial charge in [0.1, 0.15) is 11.6 Å². The predicted molar refractivity (Wildman–Crippen MR) is 165 cm³/mol. The highest BCUT2D eigenvalue weighted by Crippen LogP contribution is 2.39. The van der Waals surface area contributed by atoms with Crippen LogP contribution in [0.3, 0.4) is 0 Å². The van der Waals surface area contributed by atoms with Crippen molar-refractivity contribution in [1.29, 1.82) is 0 Å². The molecule has 0 amide bonds. The summed E-state index contributed by atoms with van der Waals surface area (Å²) >= 11 is 0. The molecule has 5 nitrogen and oxygen atoms in total. The van der Waals surface area contributed by atoms with Crippen LogP contribution in [0.4, 0.5) is 0 Å². The van der Waals surface area contributed by atoms with Gasteiger partial charge in [-0.2, -0.15) is 0 Å². The molecule has 4 aromatic rings. The van der Waals surface area contributed by atoms with E-state index in [1.54, 1.807) is 7.11 Å². The van der Waals surface area contributed by atoms with Gasteiger partial charge in [-0.05, 0) is 68.3 Å². The SMILES string of the molecule is COc1ccccc1-c1nc(-c2cccc(B3OC(C)(C)C(C)(C)O3)c2)cn1-c1c(C(C)C)cccc1C(C)C. The number of hydrogen-bond acceptors (Lipinski definition) is 4. The number of imidazole rings is 1. The molecular weight excluding hydrogens is 495 g/mol. The van der Waals surface area contributed by atoms with E-state index in [0.717, 1.165) is 33.9 Å². The first-order valence-electron chi connectivity index (χ1n) is 14.3. The molecule has 1 fully saturated rings. The molecule has 0 radical (unpaired) electrons. The second kappa shape index (κ2) is 10.6. The lowest BCUT2D eigenvalue weighted by Crippen LogP contribution is -2.41. The normalized spacial score (nSPS) is 16.2. The molecule has 0 spiro atoms. The lowest BCUT2D eigenvalue weighted by Gasteiger charge is -2.32. The molecule has 0 aliphatic carbocycles. The smallest absolute Gasteiger partial charge is 0.494 e. The number of methoxy groups -OCH3 is 1. The van der Waals surface area contributed by atoms with Crippen LogP contribution in [0, 0.1) is 0 Å². The van der Waals surface area contributed by atoms with Crippen molar-refractivity contribution in [1.82, 2.24) is 9.55 Å². The topological polar surface area (TPSA) is 45.5 Å². The number of nitrogens with zero attached hydrogens (tertiary/aromatic N) is 2. The van der Waals surface area contributed by atoms with Crippen LogP contribution < -0.4 is 10.2 Å². The monoisotopic (exact) mass is 536 g/mol. The molecule has 2 heterocycles. The summed E-state index contributed by atoms with van der Waals surface area (Å²) in [5, 5.41) is 0. The van der Waals surface area contributed by atoms with Crippen LogP contribution in [0.15, 0.2) is 72.9 Å². The molecule has 1 saturated heterocycles. The maximum Gasteiger partial charge on any atom is 0.494 e. The van der Waals surface area contributed by atoms with Crippen LogP contribution >= 0.6 is 0 Å². The van der Waals surface area contributed by atoms with Gasteiger partial charge in [-0.15, -0.1) is 0 Å². The van der Waals surface area contributed by atoms with E-state index in [1.807, 2.05) is 18.2 Å². The number of rotatable bonds is 7. The number of hydrogen-bond donors (Lipinski definition) is 0. The second-order valence-electron chi connectivity index (χ2n) is 12.3. The third-order valence-corrected chi connectivity index (χ3v) is 8.34. The fourth-order valence-corrected chi connectivity index (χ4v) is 5.32. The second-order valence-corrected chi connectivity index (χ2v) is 12.3. The van der Waals surface area contributed by atoms with E-state index in [-0.39, 0.29) is 0 Å². The Bertz CT molecular complexity index is 1480. The Hall–Kier alpha value is -3.35. The van der Waals surface area contributed by atoms with Gasteiger partial charge in [-0.1, -0.05) is 82.3 Å². The highest BCUT2D eigenvalue weighted by Gasteiger charge is 2.51. The summed E-state index contributed by atoms with van der Waals surface area (Å²) in [7, 11) is 1.28. The summed E-state index contributed by atoms with van der Waals surface area (Å²) in [6, 6.07) is 23.1. The predicted octanol–water partition coefficient (Wildman–Crippen LogP) is 7.76. The van der Waals surface area contributed by atoms with Gasteiger partial charge >= 0.3 is 7.12 Å². The Labute approximate surface area is 239 Å². The summed E-state index contributed by atoms with van der Waals surface area (Å²) in [6.45, 7) is 17.3. The van der Waals surface area contributed by atoms with E-state index in [0.29, 0.717) is 11.8 Å². The molecule has 5 rings (SSSR count). The summed E-state index contributed by atoms with van der Waals surface area (Å²) in [4.78, 5) is 5.26. The highest BCUT2D eigenvalue weighted by atomic mass is 16.7. The maximum atomic E-state index is 6.36. The lowest BCUT2D eigenvalue weighted by molar-refractivity contribution is 0.00578. The van der Waals surface area contributed by atoms with Gasteiger partial charge in [0, 0.05) is 11.8 Å². The first-order valence-corrected chi connectivity index (χ1v) is 14.3. The minimum absolute atomic E-state index is 0.344. The summed E-state index contributed by atoms with van der Waals surface area (Å²) < 4.78 is 20.8. The molecule has 0 bridgehead atoms. The van der Waals surface area contributed by atoms with Crippen LogP contribution in [-0.4, -0.2) is 35.0 Å². The fraction of sp³-hybridized carbons (Fsp3) is 0.382. The average Bonchev–Trinajstić information content (AvgIpc) is 3.45. The van der Waals surface area contributed by atoms with Gasteiger partial charge in [0.15, 0.2) is 0 Å². The summed E-state index contributed by atoms with van der Waals surface area (Å²) in [6.07, 6.45) is 2.16. The first-order chi connectivity index (χ1) is 18.9. The van der Waals surface area contributed by atoms with Gasteiger partial charge in [-0.25, -0.2) is 4.98 Å². The number of ether oxygens (including phenoxy) is 1. The van der Waals surface area contributed by atoms with Crippen LogP contribution in [0.25, 0.3) is 28.3 Å². The number of benzene rings is 3. The van der Waals surface area contributed by atoms with Crippen molar-refractivity contribution in [3.63, 3.8) is 0 Å². The van der Waals surface area contributed by atoms with E-state index in [9.17, 15) is 0 Å². The number of para-hydroxylation sites is 2. The summed E-state index contributed by atoms with van der Waals surface area (Å²) in [5.41, 5.74) is 6.79. The van der Waals surface area contributed by atoms with Crippen molar-refractivity contribution in [2.75, 3.05) is 7.11 Å². The van der Waals surface area contributed by atoms with Crippen molar-refractivity contribution in [3.8, 4) is 34.1 Å². The largest absolute Gasteiger partial charge is 0.496 e. The van der Waals surface area contributed by atoms with Crippen LogP contribution in [-0.2, 0) is 9.31 Å². The molecular formula is C34H41BN2O3. The van der Waals surface area contributed by atoms with Crippen molar-refractivity contribution in [3.05, 3.63) is 84.1 Å². The molecule has 6 heteroatoms. The minimum Gasteiger partial charge on any atom is -0.496 e. The molecule has 0 N–H and O–H groups in total. The standard InChI is InChI=1S/C34H41BN2O3/c1-22(2)26-17-13-18-27(23(3)4)31(26)37-21-29(36-32(37)28-16-10-11-19-30(28)38-9)24-14-12-15-25(20-24)35-39-33(5,6)34(7,8)40-35/h10-23H,1-9H3. The molecule has 1 aliphatic rings. The third-order valence-electron chi connectivity index (χ3n) is 8.34. The minimum atomic E-state index is -0.435. The maximum absolute atomic E-state index is 6.36. The van der Waals surface area contributed by atoms with Crippen LogP contribution in [0.1, 0.15) is 78.4 Å². The fourth-order valence-electron chi connectivity index (χ4n) is 5.32. The third kappa shape index (κ3) is 4.99. The van der Waals surface area contributed by atoms with Gasteiger partial charge in [-0.3, -0.25) is 4.57 Å². The van der Waals surface area contributed by atoms with E-state index in [2.05, 4.69) is 115 Å². The van der Waals surface area contributed by atoms with Gasteiger partial charge in [0.05, 0.1) is 35.3 Å². The number of aromatic nitrogens is 2. The Morgan fingerprint density at radius 2 is 1.40 bits per heavy atom. The zero-order valence-electron chi connectivity index (χ0n) is 25.3. The molecule has 0 atom stereocenters. The highest BCUT2D eigenvalue weighted by molar-refractivity contribution is 6.62. The Balaban J connectivity index is 1.71. The van der Waals surface area contributed by atoms with E-state index in [1.165, 1.54) is 16.8 Å².